The van der Waals surface area contributed by atoms with Crippen LogP contribution in [0.1, 0.15) is 19.3 Å². The molecule has 0 saturated carbocycles. The monoisotopic (exact) mass is 335 g/mol. The molecule has 0 aliphatic carbocycles. The highest BCUT2D eigenvalue weighted by Crippen LogP contribution is 2.14. The number of amides is 1. The number of rotatable bonds is 7. The molecule has 122 valence electrons. The van der Waals surface area contributed by atoms with Crippen LogP contribution in [-0.4, -0.2) is 68.6 Å². The molecule has 2 saturated heterocycles. The van der Waals surface area contributed by atoms with Crippen LogP contribution in [0.4, 0.5) is 0 Å². The molecule has 1 amide bonds. The molecule has 0 aromatic rings. The van der Waals surface area contributed by atoms with Crippen molar-refractivity contribution in [3.8, 4) is 0 Å². The van der Waals surface area contributed by atoms with E-state index in [2.05, 4.69) is 10.6 Å². The fraction of sp³-hybridized carbons (Fsp3) is 0.923. The molecule has 0 aromatic heterocycles. The highest BCUT2D eigenvalue weighted by atomic mass is 32.2. The van der Waals surface area contributed by atoms with Crippen LogP contribution < -0.4 is 10.6 Å². The Morgan fingerprint density at radius 3 is 2.76 bits per heavy atom. The van der Waals surface area contributed by atoms with Crippen LogP contribution in [0.25, 0.3) is 0 Å². The maximum atomic E-state index is 12.1. The lowest BCUT2D eigenvalue weighted by molar-refractivity contribution is -0.121. The van der Waals surface area contributed by atoms with Gasteiger partial charge in [0.15, 0.2) is 0 Å². The summed E-state index contributed by atoms with van der Waals surface area (Å²) in [6.07, 6.45) is 2.51. The van der Waals surface area contributed by atoms with Gasteiger partial charge in [0, 0.05) is 37.6 Å². The van der Waals surface area contributed by atoms with E-state index in [0.29, 0.717) is 25.4 Å². The van der Waals surface area contributed by atoms with Crippen molar-refractivity contribution in [3.63, 3.8) is 0 Å². The van der Waals surface area contributed by atoms with Crippen molar-refractivity contribution >= 4 is 27.7 Å². The van der Waals surface area contributed by atoms with Crippen molar-refractivity contribution in [1.82, 2.24) is 14.9 Å². The van der Waals surface area contributed by atoms with Gasteiger partial charge in [0.1, 0.15) is 0 Å². The minimum atomic E-state index is -3.21. The lowest BCUT2D eigenvalue weighted by atomic mass is 10.0. The maximum Gasteiger partial charge on any atom is 0.220 e. The van der Waals surface area contributed by atoms with E-state index in [-0.39, 0.29) is 18.2 Å². The van der Waals surface area contributed by atoms with Crippen molar-refractivity contribution < 1.29 is 13.2 Å². The molecule has 2 aliphatic rings. The standard InChI is InChI=1S/C13H25N3O3S2/c17-13(2-1-12-3-4-14-11-12)15-5-10-21(18,19)16-6-8-20-9-7-16/h12,14H,1-11H2,(H,15,17). The normalized spacial score (nSPS) is 24.1. The third-order valence-electron chi connectivity index (χ3n) is 3.99. The quantitative estimate of drug-likeness (QED) is 0.678. The zero-order valence-electron chi connectivity index (χ0n) is 12.3. The van der Waals surface area contributed by atoms with Crippen molar-refractivity contribution in [2.24, 2.45) is 5.92 Å². The second kappa shape index (κ2) is 8.36. The van der Waals surface area contributed by atoms with Gasteiger partial charge in [-0.2, -0.15) is 11.8 Å². The lowest BCUT2D eigenvalue weighted by Crippen LogP contribution is -2.41. The summed E-state index contributed by atoms with van der Waals surface area (Å²) in [6, 6.07) is 0. The zero-order valence-corrected chi connectivity index (χ0v) is 14.0. The SMILES string of the molecule is O=C(CCC1CCNC1)NCCS(=O)(=O)N1CCSCC1. The van der Waals surface area contributed by atoms with Crippen molar-refractivity contribution in [2.75, 3.05) is 50.0 Å². The molecule has 0 aromatic carbocycles. The molecule has 2 aliphatic heterocycles. The van der Waals surface area contributed by atoms with Gasteiger partial charge in [0.05, 0.1) is 5.75 Å². The Kier molecular flexibility index (Phi) is 6.78. The van der Waals surface area contributed by atoms with Crippen LogP contribution in [0.5, 0.6) is 0 Å². The second-order valence-electron chi connectivity index (χ2n) is 5.57. The number of carbonyl (C=O) groups excluding carboxylic acids is 1. The number of hydrogen-bond acceptors (Lipinski definition) is 5. The Labute approximate surface area is 131 Å². The molecule has 1 atom stereocenters. The van der Waals surface area contributed by atoms with Gasteiger partial charge in [-0.15, -0.1) is 0 Å². The van der Waals surface area contributed by atoms with Gasteiger partial charge < -0.3 is 10.6 Å². The summed E-state index contributed by atoms with van der Waals surface area (Å²) in [5, 5.41) is 6.01. The first-order chi connectivity index (χ1) is 10.1. The molecular weight excluding hydrogens is 310 g/mol. The predicted molar refractivity (Wildman–Crippen MR) is 85.9 cm³/mol. The third-order valence-corrected chi connectivity index (χ3v) is 6.80. The van der Waals surface area contributed by atoms with Gasteiger partial charge in [0.25, 0.3) is 0 Å². The molecule has 8 heteroatoms. The summed E-state index contributed by atoms with van der Waals surface area (Å²) in [4.78, 5) is 11.7. The van der Waals surface area contributed by atoms with Gasteiger partial charge in [-0.3, -0.25) is 4.79 Å². The predicted octanol–water partition coefficient (Wildman–Crippen LogP) is -0.129. The van der Waals surface area contributed by atoms with E-state index in [1.54, 1.807) is 16.1 Å². The fourth-order valence-electron chi connectivity index (χ4n) is 2.66. The van der Waals surface area contributed by atoms with Crippen LogP contribution in [0.3, 0.4) is 0 Å². The Morgan fingerprint density at radius 2 is 2.10 bits per heavy atom. The second-order valence-corrected chi connectivity index (χ2v) is 8.89. The highest BCUT2D eigenvalue weighted by molar-refractivity contribution is 7.99. The van der Waals surface area contributed by atoms with E-state index in [4.69, 9.17) is 0 Å². The molecule has 2 fully saturated rings. The van der Waals surface area contributed by atoms with E-state index >= 15 is 0 Å². The first-order valence-corrected chi connectivity index (χ1v) is 10.4. The smallest absolute Gasteiger partial charge is 0.220 e. The molecule has 2 heterocycles. The number of carbonyl (C=O) groups is 1. The Bertz CT molecular complexity index is 430. The van der Waals surface area contributed by atoms with Crippen LogP contribution in [0.15, 0.2) is 0 Å². The summed E-state index contributed by atoms with van der Waals surface area (Å²) in [7, 11) is -3.21. The van der Waals surface area contributed by atoms with E-state index < -0.39 is 10.0 Å². The average Bonchev–Trinajstić information content (AvgIpc) is 2.99. The molecule has 0 radical (unpaired) electrons. The maximum absolute atomic E-state index is 12.1. The molecule has 21 heavy (non-hydrogen) atoms. The molecule has 6 nitrogen and oxygen atoms in total. The molecule has 0 bridgehead atoms. The molecule has 2 N–H and O–H groups in total. The van der Waals surface area contributed by atoms with Gasteiger partial charge in [-0.05, 0) is 31.8 Å². The topological polar surface area (TPSA) is 78.5 Å². The molecular formula is C13H25N3O3S2. The summed E-state index contributed by atoms with van der Waals surface area (Å²) in [5.41, 5.74) is 0. The average molecular weight is 335 g/mol. The first kappa shape index (κ1) is 17.1. The summed E-state index contributed by atoms with van der Waals surface area (Å²) >= 11 is 1.78. The van der Waals surface area contributed by atoms with Gasteiger partial charge in [-0.1, -0.05) is 0 Å². The van der Waals surface area contributed by atoms with Gasteiger partial charge in [-0.25, -0.2) is 12.7 Å². The number of hydrogen-bond donors (Lipinski definition) is 2. The van der Waals surface area contributed by atoms with E-state index in [1.807, 2.05) is 0 Å². The minimum absolute atomic E-state index is 0.00832. The van der Waals surface area contributed by atoms with Crippen LogP contribution in [-0.2, 0) is 14.8 Å². The van der Waals surface area contributed by atoms with Crippen LogP contribution in [0, 0.1) is 5.92 Å². The Morgan fingerprint density at radius 1 is 1.33 bits per heavy atom. The summed E-state index contributed by atoms with van der Waals surface area (Å²) < 4.78 is 25.7. The number of nitrogens with zero attached hydrogens (tertiary/aromatic N) is 1. The minimum Gasteiger partial charge on any atom is -0.355 e. The van der Waals surface area contributed by atoms with Crippen molar-refractivity contribution in [2.45, 2.75) is 19.3 Å². The lowest BCUT2D eigenvalue weighted by Gasteiger charge is -2.25. The van der Waals surface area contributed by atoms with Gasteiger partial charge >= 0.3 is 0 Å². The largest absolute Gasteiger partial charge is 0.355 e. The van der Waals surface area contributed by atoms with Crippen molar-refractivity contribution in [3.05, 3.63) is 0 Å². The van der Waals surface area contributed by atoms with E-state index in [1.165, 1.54) is 0 Å². The van der Waals surface area contributed by atoms with Gasteiger partial charge in [0.2, 0.25) is 15.9 Å². The van der Waals surface area contributed by atoms with E-state index in [0.717, 1.165) is 37.4 Å². The molecule has 2 rings (SSSR count). The number of nitrogens with one attached hydrogen (secondary N) is 2. The summed E-state index contributed by atoms with van der Waals surface area (Å²) in [5.74, 6) is 2.28. The fourth-order valence-corrected chi connectivity index (χ4v) is 5.15. The van der Waals surface area contributed by atoms with E-state index in [9.17, 15) is 13.2 Å². The van der Waals surface area contributed by atoms with Crippen LogP contribution >= 0.6 is 11.8 Å². The molecule has 0 spiro atoms. The number of sulfonamides is 1. The molecule has 1 unspecified atom stereocenters. The Hall–Kier alpha value is -0.310. The highest BCUT2D eigenvalue weighted by Gasteiger charge is 2.23. The zero-order chi connectivity index (χ0) is 15.1. The number of thioether (sulfide) groups is 1. The summed E-state index contributed by atoms with van der Waals surface area (Å²) in [6.45, 7) is 3.44. The van der Waals surface area contributed by atoms with Crippen molar-refractivity contribution in [1.29, 1.82) is 0 Å². The van der Waals surface area contributed by atoms with Crippen LogP contribution in [0.2, 0.25) is 0 Å². The third kappa shape index (κ3) is 5.77. The first-order valence-electron chi connectivity index (χ1n) is 7.61. The Balaban J connectivity index is 1.62.